The molecular weight excluding hydrogens is 484 g/mol. The van der Waals surface area contributed by atoms with Gasteiger partial charge >= 0.3 is 26.2 Å². The summed E-state index contributed by atoms with van der Waals surface area (Å²) in [4.78, 5) is 2.25. The first-order valence-corrected chi connectivity index (χ1v) is 7.80. The van der Waals surface area contributed by atoms with E-state index in [0.717, 1.165) is 11.0 Å². The van der Waals surface area contributed by atoms with Crippen LogP contribution in [0.5, 0.6) is 0 Å². The van der Waals surface area contributed by atoms with E-state index in [9.17, 15) is 0 Å². The van der Waals surface area contributed by atoms with Gasteiger partial charge in [0.25, 0.3) is 0 Å². The van der Waals surface area contributed by atoms with Crippen LogP contribution >= 0.6 is 15.9 Å². The minimum absolute atomic E-state index is 0. The molecule has 0 N–H and O–H groups in total. The zero-order chi connectivity index (χ0) is 14.7. The van der Waals surface area contributed by atoms with Crippen molar-refractivity contribution in [2.45, 2.75) is 19.4 Å². The molecular formula is C19H16BrCl2NZr. The number of para-hydroxylation sites is 1. The first-order chi connectivity index (χ1) is 10.3. The molecule has 0 radical (unpaired) electrons. The van der Waals surface area contributed by atoms with Crippen LogP contribution < -0.4 is 29.7 Å². The Bertz CT molecular complexity index is 668. The van der Waals surface area contributed by atoms with E-state index in [-0.39, 0.29) is 51.0 Å². The van der Waals surface area contributed by atoms with Gasteiger partial charge in [-0.15, -0.1) is 12.0 Å². The molecule has 0 bridgehead atoms. The summed E-state index contributed by atoms with van der Waals surface area (Å²) in [6.07, 6.45) is 17.8. The average molecular weight is 500 g/mol. The fourth-order valence-corrected chi connectivity index (χ4v) is 3.20. The van der Waals surface area contributed by atoms with Crippen LogP contribution in [0.1, 0.15) is 13.3 Å². The quantitative estimate of drug-likeness (QED) is 0.358. The van der Waals surface area contributed by atoms with Crippen molar-refractivity contribution in [3.63, 3.8) is 0 Å². The van der Waals surface area contributed by atoms with Crippen LogP contribution in [-0.2, 0) is 26.2 Å². The predicted octanol–water partition coefficient (Wildman–Crippen LogP) is -0.888. The van der Waals surface area contributed by atoms with Crippen molar-refractivity contribution < 1.29 is 51.0 Å². The van der Waals surface area contributed by atoms with Crippen LogP contribution in [0, 0.1) is 12.2 Å². The van der Waals surface area contributed by atoms with Crippen molar-refractivity contribution in [3.8, 4) is 0 Å². The van der Waals surface area contributed by atoms with Gasteiger partial charge in [0.1, 0.15) is 0 Å². The van der Waals surface area contributed by atoms with Crippen molar-refractivity contribution >= 4 is 21.6 Å². The number of anilines is 1. The van der Waals surface area contributed by atoms with Crippen molar-refractivity contribution in [1.82, 2.24) is 0 Å². The molecule has 1 nitrogen and oxygen atoms in total. The maximum atomic E-state index is 3.58. The molecule has 1 heterocycles. The Hall–Kier alpha value is -0.337. The number of benzene rings is 1. The Morgan fingerprint density at radius 3 is 2.42 bits per heavy atom. The third-order valence-corrected chi connectivity index (χ3v) is 4.06. The van der Waals surface area contributed by atoms with Crippen molar-refractivity contribution in [1.29, 1.82) is 0 Å². The fraction of sp³-hybridized carbons (Fsp3) is 0.158. The summed E-state index contributed by atoms with van der Waals surface area (Å²) in [6.45, 7) is 2.13. The molecule has 122 valence electrons. The Balaban J connectivity index is 0.000000578. The maximum absolute atomic E-state index is 3.58. The monoisotopic (exact) mass is 497 g/mol. The second kappa shape index (κ2) is 11.3. The Morgan fingerprint density at radius 2 is 1.88 bits per heavy atom. The summed E-state index contributed by atoms with van der Waals surface area (Å²) in [5, 5.41) is 0. The summed E-state index contributed by atoms with van der Waals surface area (Å²) in [7, 11) is 0. The molecule has 1 aromatic rings. The largest absolute Gasteiger partial charge is 4.00 e. The Kier molecular flexibility index (Phi) is 11.2. The van der Waals surface area contributed by atoms with Crippen molar-refractivity contribution in [2.24, 2.45) is 0 Å². The van der Waals surface area contributed by atoms with Crippen LogP contribution in [0.2, 0.25) is 0 Å². The number of halogens is 3. The number of fused-ring (bicyclic) bond motifs is 1. The molecule has 1 aliphatic heterocycles. The van der Waals surface area contributed by atoms with Crippen LogP contribution in [0.25, 0.3) is 0 Å². The minimum atomic E-state index is 0. The third-order valence-electron chi connectivity index (χ3n) is 3.48. The normalized spacial score (nSPS) is 18.8. The van der Waals surface area contributed by atoms with Gasteiger partial charge in [-0.3, -0.25) is 6.08 Å². The van der Waals surface area contributed by atoms with Gasteiger partial charge in [0.2, 0.25) is 0 Å². The molecule has 2 aliphatic carbocycles. The number of nitrogens with zero attached hydrogens (tertiary/aromatic N) is 1. The number of allylic oxidation sites excluding steroid dienone is 6. The van der Waals surface area contributed by atoms with Gasteiger partial charge in [-0.25, -0.2) is 24.3 Å². The maximum Gasteiger partial charge on any atom is 4.00 e. The summed E-state index contributed by atoms with van der Waals surface area (Å²) in [5.41, 5.74) is 3.75. The summed E-state index contributed by atoms with van der Waals surface area (Å²) < 4.78 is 1.01. The molecule has 0 saturated carbocycles. The van der Waals surface area contributed by atoms with Gasteiger partial charge in [0, 0.05) is 11.7 Å². The van der Waals surface area contributed by atoms with Crippen molar-refractivity contribution in [2.75, 3.05) is 4.90 Å². The summed E-state index contributed by atoms with van der Waals surface area (Å²) >= 11 is 3.58. The Morgan fingerprint density at radius 1 is 1.17 bits per heavy atom. The molecule has 3 aliphatic rings. The second-order valence-corrected chi connectivity index (χ2v) is 5.83. The predicted molar refractivity (Wildman–Crippen MR) is 91.8 cm³/mol. The molecule has 24 heavy (non-hydrogen) atoms. The zero-order valence-electron chi connectivity index (χ0n) is 13.1. The summed E-state index contributed by atoms with van der Waals surface area (Å²) in [6, 6.07) is 10.7. The Labute approximate surface area is 184 Å². The summed E-state index contributed by atoms with van der Waals surface area (Å²) in [5.74, 6) is 0. The number of hydrogen-bond donors (Lipinski definition) is 0. The molecule has 0 aromatic heterocycles. The molecule has 1 aromatic carbocycles. The van der Waals surface area contributed by atoms with E-state index in [0.29, 0.717) is 6.04 Å². The second-order valence-electron chi connectivity index (χ2n) is 5.08. The molecule has 0 saturated heterocycles. The van der Waals surface area contributed by atoms with Gasteiger partial charge < -0.3 is 29.7 Å². The van der Waals surface area contributed by atoms with E-state index in [1.807, 2.05) is 18.2 Å². The smallest absolute Gasteiger partial charge is 1.00 e. The van der Waals surface area contributed by atoms with E-state index in [4.69, 9.17) is 0 Å². The topological polar surface area (TPSA) is 3.24 Å². The van der Waals surface area contributed by atoms with Gasteiger partial charge in [0.05, 0.1) is 0 Å². The van der Waals surface area contributed by atoms with Gasteiger partial charge in [0.15, 0.2) is 0 Å². The zero-order valence-corrected chi connectivity index (χ0v) is 18.7. The SMILES string of the molecule is CC1=CC2C(=C1)[C-]=C(Br)N2c1ccccc1.[C-]1=CC=CC1.[Cl-].[Cl-].[Zr+4]. The minimum Gasteiger partial charge on any atom is -1.00 e. The third kappa shape index (κ3) is 5.59. The van der Waals surface area contributed by atoms with Gasteiger partial charge in [-0.2, -0.15) is 11.6 Å². The van der Waals surface area contributed by atoms with Crippen LogP contribution in [-0.4, -0.2) is 6.04 Å². The van der Waals surface area contributed by atoms with Gasteiger partial charge in [-0.05, 0) is 16.7 Å². The molecule has 0 spiro atoms. The van der Waals surface area contributed by atoms with E-state index >= 15 is 0 Å². The standard InChI is InChI=1S/C14H11BrN.C5H5.2ClH.Zr/c1-10-7-11-9-14(15)16(13(11)8-10)12-5-3-2-4-6-12;1-2-4-5-3-1;;;/h2-8,13H,1H3;1-3H,4H2;2*1H;/q2*-1;;;+4/p-2. The molecule has 1 unspecified atom stereocenters. The molecule has 0 amide bonds. The van der Waals surface area contributed by atoms with E-state index in [1.54, 1.807) is 0 Å². The fourth-order valence-electron chi connectivity index (χ4n) is 2.55. The molecule has 5 heteroatoms. The van der Waals surface area contributed by atoms with E-state index in [1.165, 1.54) is 16.8 Å². The van der Waals surface area contributed by atoms with Crippen LogP contribution in [0.3, 0.4) is 0 Å². The van der Waals surface area contributed by atoms with Gasteiger partial charge in [-0.1, -0.05) is 47.1 Å². The van der Waals surface area contributed by atoms with Crippen molar-refractivity contribution in [3.05, 3.63) is 88.6 Å². The first kappa shape index (κ1) is 23.7. The van der Waals surface area contributed by atoms with Crippen LogP contribution in [0.4, 0.5) is 5.69 Å². The van der Waals surface area contributed by atoms with E-state index in [2.05, 4.69) is 82.4 Å². The number of hydrogen-bond acceptors (Lipinski definition) is 1. The number of rotatable bonds is 1. The molecule has 0 fully saturated rings. The molecule has 1 atom stereocenters. The first-order valence-electron chi connectivity index (χ1n) is 7.01. The molecule has 4 rings (SSSR count). The average Bonchev–Trinajstić information content (AvgIpc) is 3.18. The van der Waals surface area contributed by atoms with E-state index < -0.39 is 0 Å². The van der Waals surface area contributed by atoms with Crippen LogP contribution in [0.15, 0.2) is 76.5 Å².